The van der Waals surface area contributed by atoms with Gasteiger partial charge >= 0.3 is 23.9 Å². The standard InChI is InChI=1S/C15H21NO10/c1-7(17)22-6-12-14(24-9(3)19)15(25-10(4)20)13(23-8(2)18)11(26-12)5-16-21/h5,11-15,21H,6H2,1-4H3/b16-5+/t11-,12+,13+,14+,15+/m0/s1. The smallest absolute Gasteiger partial charge is 0.303 e. The van der Waals surface area contributed by atoms with E-state index in [9.17, 15) is 19.2 Å². The quantitative estimate of drug-likeness (QED) is 0.213. The van der Waals surface area contributed by atoms with Crippen LogP contribution in [0.3, 0.4) is 0 Å². The third-order valence-electron chi connectivity index (χ3n) is 3.24. The van der Waals surface area contributed by atoms with Crippen molar-refractivity contribution in [2.24, 2.45) is 5.16 Å². The molecule has 0 aliphatic carbocycles. The lowest BCUT2D eigenvalue weighted by Crippen LogP contribution is -2.62. The number of carbonyl (C=O) groups is 4. The molecular weight excluding hydrogens is 354 g/mol. The van der Waals surface area contributed by atoms with E-state index in [4.69, 9.17) is 28.9 Å². The van der Waals surface area contributed by atoms with E-state index in [2.05, 4.69) is 5.16 Å². The summed E-state index contributed by atoms with van der Waals surface area (Å²) in [4.78, 5) is 45.5. The fraction of sp³-hybridized carbons (Fsp3) is 0.667. The van der Waals surface area contributed by atoms with Crippen LogP contribution in [-0.4, -0.2) is 72.4 Å². The van der Waals surface area contributed by atoms with E-state index in [1.165, 1.54) is 6.92 Å². The minimum absolute atomic E-state index is 0.340. The van der Waals surface area contributed by atoms with Crippen LogP contribution >= 0.6 is 0 Å². The lowest BCUT2D eigenvalue weighted by molar-refractivity contribution is -0.240. The largest absolute Gasteiger partial charge is 0.463 e. The van der Waals surface area contributed by atoms with Crippen molar-refractivity contribution >= 4 is 30.1 Å². The van der Waals surface area contributed by atoms with Gasteiger partial charge in [0, 0.05) is 27.7 Å². The first-order valence-electron chi connectivity index (χ1n) is 7.63. The average Bonchev–Trinajstić information content (AvgIpc) is 2.50. The Morgan fingerprint density at radius 1 is 0.885 bits per heavy atom. The number of carbonyl (C=O) groups excluding carboxylic acids is 4. The highest BCUT2D eigenvalue weighted by Gasteiger charge is 2.51. The molecule has 146 valence electrons. The molecule has 0 aromatic carbocycles. The molecule has 1 aliphatic rings. The maximum Gasteiger partial charge on any atom is 0.303 e. The highest BCUT2D eigenvalue weighted by Crippen LogP contribution is 2.28. The molecule has 11 heteroatoms. The van der Waals surface area contributed by atoms with Gasteiger partial charge in [0.1, 0.15) is 18.8 Å². The topological polar surface area (TPSA) is 147 Å². The zero-order valence-corrected chi connectivity index (χ0v) is 14.7. The van der Waals surface area contributed by atoms with Gasteiger partial charge < -0.3 is 28.9 Å². The Morgan fingerprint density at radius 3 is 1.85 bits per heavy atom. The van der Waals surface area contributed by atoms with Gasteiger partial charge in [0.15, 0.2) is 18.3 Å². The Morgan fingerprint density at radius 2 is 1.38 bits per heavy atom. The van der Waals surface area contributed by atoms with Gasteiger partial charge in [0.25, 0.3) is 0 Å². The maximum atomic E-state index is 11.5. The van der Waals surface area contributed by atoms with Crippen LogP contribution in [0.1, 0.15) is 27.7 Å². The Labute approximate surface area is 149 Å². The molecule has 1 heterocycles. The van der Waals surface area contributed by atoms with Crippen LogP contribution in [0.5, 0.6) is 0 Å². The van der Waals surface area contributed by atoms with Crippen molar-refractivity contribution in [1.29, 1.82) is 0 Å². The zero-order chi connectivity index (χ0) is 19.9. The first kappa shape index (κ1) is 21.4. The second-order valence-corrected chi connectivity index (χ2v) is 5.43. The average molecular weight is 375 g/mol. The van der Waals surface area contributed by atoms with Gasteiger partial charge in [-0.15, -0.1) is 0 Å². The summed E-state index contributed by atoms with van der Waals surface area (Å²) in [5.41, 5.74) is 0. The summed E-state index contributed by atoms with van der Waals surface area (Å²) in [6, 6.07) is 0. The summed E-state index contributed by atoms with van der Waals surface area (Å²) in [5, 5.41) is 11.7. The van der Waals surface area contributed by atoms with Gasteiger partial charge in [-0.05, 0) is 0 Å². The van der Waals surface area contributed by atoms with E-state index in [0.29, 0.717) is 0 Å². The molecule has 0 radical (unpaired) electrons. The lowest BCUT2D eigenvalue weighted by atomic mass is 9.94. The van der Waals surface area contributed by atoms with Crippen LogP contribution in [0.4, 0.5) is 0 Å². The molecule has 1 N–H and O–H groups in total. The molecule has 5 atom stereocenters. The van der Waals surface area contributed by atoms with E-state index in [-0.39, 0.29) is 6.61 Å². The van der Waals surface area contributed by atoms with Crippen molar-refractivity contribution in [2.45, 2.75) is 58.2 Å². The fourth-order valence-electron chi connectivity index (χ4n) is 2.45. The number of hydrogen-bond acceptors (Lipinski definition) is 11. The van der Waals surface area contributed by atoms with Gasteiger partial charge in [-0.3, -0.25) is 19.2 Å². The fourth-order valence-corrected chi connectivity index (χ4v) is 2.45. The first-order valence-corrected chi connectivity index (χ1v) is 7.63. The van der Waals surface area contributed by atoms with Crippen LogP contribution in [0.2, 0.25) is 0 Å². The van der Waals surface area contributed by atoms with E-state index in [1.54, 1.807) is 0 Å². The molecule has 1 rings (SSSR count). The molecule has 0 amide bonds. The van der Waals surface area contributed by atoms with Crippen LogP contribution in [0.15, 0.2) is 5.16 Å². The van der Waals surface area contributed by atoms with Crippen molar-refractivity contribution < 1.29 is 48.1 Å². The van der Waals surface area contributed by atoms with Crippen LogP contribution in [0.25, 0.3) is 0 Å². The second-order valence-electron chi connectivity index (χ2n) is 5.43. The van der Waals surface area contributed by atoms with Crippen molar-refractivity contribution in [3.05, 3.63) is 0 Å². The second kappa shape index (κ2) is 9.70. The van der Waals surface area contributed by atoms with Gasteiger partial charge in [-0.25, -0.2) is 0 Å². The Hall–Kier alpha value is -2.69. The molecule has 1 saturated heterocycles. The van der Waals surface area contributed by atoms with E-state index in [0.717, 1.165) is 27.0 Å². The maximum absolute atomic E-state index is 11.5. The Kier molecular flexibility index (Phi) is 7.97. The first-order chi connectivity index (χ1) is 12.1. The van der Waals surface area contributed by atoms with Crippen molar-refractivity contribution in [3.63, 3.8) is 0 Å². The van der Waals surface area contributed by atoms with Crippen molar-refractivity contribution in [1.82, 2.24) is 0 Å². The SMILES string of the molecule is CC(=O)OC[C@H]1O[C@@H](/C=N/O)[C@@H](OC(C)=O)[C@@H](OC(C)=O)[C@@H]1OC(C)=O. The zero-order valence-electron chi connectivity index (χ0n) is 14.7. The Bertz CT molecular complexity index is 575. The van der Waals surface area contributed by atoms with Gasteiger partial charge in [-0.2, -0.15) is 0 Å². The van der Waals surface area contributed by atoms with Crippen LogP contribution < -0.4 is 0 Å². The molecule has 0 unspecified atom stereocenters. The Balaban J connectivity index is 3.26. The van der Waals surface area contributed by atoms with E-state index < -0.39 is 54.4 Å². The molecule has 0 bridgehead atoms. The summed E-state index contributed by atoms with van der Waals surface area (Å²) in [7, 11) is 0. The summed E-state index contributed by atoms with van der Waals surface area (Å²) in [5.74, 6) is -2.81. The summed E-state index contributed by atoms with van der Waals surface area (Å²) >= 11 is 0. The molecular formula is C15H21NO10. The summed E-state index contributed by atoms with van der Waals surface area (Å²) < 4.78 is 25.9. The molecule has 26 heavy (non-hydrogen) atoms. The predicted octanol–water partition coefficient (Wildman–Crippen LogP) is -0.428. The summed E-state index contributed by atoms with van der Waals surface area (Å²) in [6.45, 7) is 4.18. The number of esters is 4. The van der Waals surface area contributed by atoms with Gasteiger partial charge in [0.05, 0.1) is 6.21 Å². The third kappa shape index (κ3) is 6.31. The molecule has 0 aromatic heterocycles. The molecule has 11 nitrogen and oxygen atoms in total. The van der Waals surface area contributed by atoms with Crippen LogP contribution in [-0.2, 0) is 42.9 Å². The molecule has 0 spiro atoms. The van der Waals surface area contributed by atoms with E-state index >= 15 is 0 Å². The molecule has 1 fully saturated rings. The minimum Gasteiger partial charge on any atom is -0.463 e. The van der Waals surface area contributed by atoms with Gasteiger partial charge in [-0.1, -0.05) is 5.16 Å². The number of nitrogens with zero attached hydrogens (tertiary/aromatic N) is 1. The normalized spacial score (nSPS) is 28.2. The predicted molar refractivity (Wildman–Crippen MR) is 82.2 cm³/mol. The molecule has 0 saturated carbocycles. The highest BCUT2D eigenvalue weighted by molar-refractivity contribution is 5.70. The number of oxime groups is 1. The molecule has 0 aromatic rings. The van der Waals surface area contributed by atoms with Crippen molar-refractivity contribution in [3.8, 4) is 0 Å². The van der Waals surface area contributed by atoms with Crippen molar-refractivity contribution in [2.75, 3.05) is 6.61 Å². The van der Waals surface area contributed by atoms with Gasteiger partial charge in [0.2, 0.25) is 0 Å². The lowest BCUT2D eigenvalue weighted by Gasteiger charge is -2.43. The summed E-state index contributed by atoms with van der Waals surface area (Å²) in [6.07, 6.45) is -5.08. The number of ether oxygens (including phenoxy) is 5. The number of rotatable bonds is 6. The number of hydrogen-bond donors (Lipinski definition) is 1. The highest BCUT2D eigenvalue weighted by atomic mass is 16.7. The van der Waals surface area contributed by atoms with E-state index in [1.807, 2.05) is 0 Å². The minimum atomic E-state index is -1.28. The monoisotopic (exact) mass is 375 g/mol. The third-order valence-corrected chi connectivity index (χ3v) is 3.24. The van der Waals surface area contributed by atoms with Crippen LogP contribution in [0, 0.1) is 0 Å². The molecule has 1 aliphatic heterocycles.